The number of thiazole rings is 1. The third-order valence-corrected chi connectivity index (χ3v) is 8.48. The number of nitrogens with zero attached hydrogens (tertiary/aromatic N) is 4. The van der Waals surface area contributed by atoms with Crippen molar-refractivity contribution in [2.75, 3.05) is 31.1 Å². The fraction of sp³-hybridized carbons (Fsp3) is 0.467. The lowest BCUT2D eigenvalue weighted by Crippen LogP contribution is -2.46. The molecule has 1 N–H and O–H groups in total. The normalized spacial score (nSPS) is 15.2. The number of hydrogen-bond acceptors (Lipinski definition) is 5. The number of anilines is 1. The van der Waals surface area contributed by atoms with Crippen LogP contribution in [0.25, 0.3) is 22.4 Å². The molecule has 1 aliphatic heterocycles. The Kier molecular flexibility index (Phi) is 7.18. The van der Waals surface area contributed by atoms with Crippen molar-refractivity contribution in [1.82, 2.24) is 19.9 Å². The highest BCUT2D eigenvalue weighted by Gasteiger charge is 2.22. The molecular weight excluding hydrogens is 462 g/mol. The highest BCUT2D eigenvalue weighted by molar-refractivity contribution is 7.11. The van der Waals surface area contributed by atoms with Gasteiger partial charge in [0.05, 0.1) is 21.9 Å². The summed E-state index contributed by atoms with van der Waals surface area (Å²) in [5.41, 5.74) is 7.25. The Morgan fingerprint density at radius 1 is 0.972 bits per heavy atom. The maximum Gasteiger partial charge on any atom is 0.138 e. The second kappa shape index (κ2) is 10.3. The van der Waals surface area contributed by atoms with Crippen molar-refractivity contribution in [1.29, 1.82) is 0 Å². The smallest absolute Gasteiger partial charge is 0.138 e. The molecule has 0 bridgehead atoms. The topological polar surface area (TPSA) is 48.1 Å². The van der Waals surface area contributed by atoms with Gasteiger partial charge in [-0.25, -0.2) is 9.97 Å². The Labute approximate surface area is 219 Å². The summed E-state index contributed by atoms with van der Waals surface area (Å²) in [6.45, 7) is 16.3. The number of aromatic amines is 1. The molecule has 5 rings (SSSR count). The van der Waals surface area contributed by atoms with Crippen molar-refractivity contribution < 1.29 is 0 Å². The fourth-order valence-electron chi connectivity index (χ4n) is 4.96. The van der Waals surface area contributed by atoms with Gasteiger partial charge in [0.1, 0.15) is 11.3 Å². The zero-order valence-corrected chi connectivity index (χ0v) is 23.2. The van der Waals surface area contributed by atoms with Gasteiger partial charge in [-0.15, -0.1) is 11.3 Å². The number of fused-ring (bicyclic) bond motifs is 1. The second-order valence-corrected chi connectivity index (χ2v) is 12.2. The van der Waals surface area contributed by atoms with Crippen LogP contribution >= 0.6 is 11.3 Å². The Hall–Kier alpha value is -2.70. The molecule has 0 unspecified atom stereocenters. The molecule has 0 atom stereocenters. The van der Waals surface area contributed by atoms with Crippen molar-refractivity contribution in [3.8, 4) is 11.4 Å². The summed E-state index contributed by atoms with van der Waals surface area (Å²) in [6.07, 6.45) is 3.57. The lowest BCUT2D eigenvalue weighted by atomic mass is 9.87. The van der Waals surface area contributed by atoms with Crippen LogP contribution in [0.5, 0.6) is 0 Å². The fourth-order valence-corrected chi connectivity index (χ4v) is 6.11. The molecule has 0 aliphatic carbocycles. The van der Waals surface area contributed by atoms with E-state index < -0.39 is 0 Å². The van der Waals surface area contributed by atoms with Crippen molar-refractivity contribution >= 4 is 28.1 Å². The molecule has 1 fully saturated rings. The molecule has 0 spiro atoms. The molecule has 6 heteroatoms. The number of aryl methyl sites for hydroxylation is 2. The number of piperazine rings is 1. The van der Waals surface area contributed by atoms with Crippen LogP contribution in [0.4, 0.5) is 5.69 Å². The summed E-state index contributed by atoms with van der Waals surface area (Å²) in [4.78, 5) is 20.0. The zero-order chi connectivity index (χ0) is 25.3. The monoisotopic (exact) mass is 501 g/mol. The van der Waals surface area contributed by atoms with Gasteiger partial charge in [-0.05, 0) is 42.9 Å². The predicted molar refractivity (Wildman–Crippen MR) is 153 cm³/mol. The SMILES string of the molecule is CCCCc1nc(C)c(CN2CCN(c3cccc4[nH]c(-c5ccc(C(C)(C)C)cc5)nc34)CC2)s1. The van der Waals surface area contributed by atoms with Crippen molar-refractivity contribution in [2.24, 2.45) is 0 Å². The first kappa shape index (κ1) is 25.0. The second-order valence-electron chi connectivity index (χ2n) is 11.1. The van der Waals surface area contributed by atoms with E-state index in [9.17, 15) is 0 Å². The van der Waals surface area contributed by atoms with Gasteiger partial charge in [0.25, 0.3) is 0 Å². The Morgan fingerprint density at radius 2 is 1.72 bits per heavy atom. The highest BCUT2D eigenvalue weighted by Crippen LogP contribution is 2.31. The number of aromatic nitrogens is 3. The van der Waals surface area contributed by atoms with E-state index >= 15 is 0 Å². The van der Waals surface area contributed by atoms with Gasteiger partial charge in [-0.2, -0.15) is 0 Å². The van der Waals surface area contributed by atoms with E-state index in [1.54, 1.807) is 0 Å². The summed E-state index contributed by atoms with van der Waals surface area (Å²) < 4.78 is 0. The molecule has 2 aromatic carbocycles. The van der Waals surface area contributed by atoms with Gasteiger partial charge in [0, 0.05) is 43.2 Å². The number of benzene rings is 2. The minimum Gasteiger partial charge on any atom is -0.367 e. The number of para-hydroxylation sites is 1. The molecular formula is C30H39N5S. The third-order valence-electron chi connectivity index (χ3n) is 7.28. The summed E-state index contributed by atoms with van der Waals surface area (Å²) >= 11 is 1.91. The molecule has 0 amide bonds. The van der Waals surface area contributed by atoms with Gasteiger partial charge in [0.15, 0.2) is 0 Å². The first-order valence-electron chi connectivity index (χ1n) is 13.3. The van der Waals surface area contributed by atoms with Crippen molar-refractivity contribution in [2.45, 2.75) is 65.8 Å². The zero-order valence-electron chi connectivity index (χ0n) is 22.4. The summed E-state index contributed by atoms with van der Waals surface area (Å²) in [7, 11) is 0. The maximum atomic E-state index is 5.06. The minimum atomic E-state index is 0.151. The van der Waals surface area contributed by atoms with E-state index in [1.165, 1.54) is 39.7 Å². The molecule has 0 radical (unpaired) electrons. The Balaban J connectivity index is 1.28. The van der Waals surface area contributed by atoms with Gasteiger partial charge in [-0.1, -0.05) is 64.4 Å². The highest BCUT2D eigenvalue weighted by atomic mass is 32.1. The van der Waals surface area contributed by atoms with E-state index in [4.69, 9.17) is 9.97 Å². The van der Waals surface area contributed by atoms with E-state index in [2.05, 4.69) is 91.9 Å². The Morgan fingerprint density at radius 3 is 2.42 bits per heavy atom. The summed E-state index contributed by atoms with van der Waals surface area (Å²) in [5, 5.41) is 1.30. The van der Waals surface area contributed by atoms with Crippen molar-refractivity contribution in [3.63, 3.8) is 0 Å². The van der Waals surface area contributed by atoms with Crippen LogP contribution in [0.3, 0.4) is 0 Å². The van der Waals surface area contributed by atoms with E-state index in [0.29, 0.717) is 0 Å². The van der Waals surface area contributed by atoms with Gasteiger partial charge in [-0.3, -0.25) is 4.90 Å². The van der Waals surface area contributed by atoms with Gasteiger partial charge in [0.2, 0.25) is 0 Å². The number of imidazole rings is 1. The predicted octanol–water partition coefficient (Wildman–Crippen LogP) is 6.96. The molecule has 190 valence electrons. The lowest BCUT2D eigenvalue weighted by Gasteiger charge is -2.36. The molecule has 36 heavy (non-hydrogen) atoms. The average Bonchev–Trinajstić information content (AvgIpc) is 3.46. The van der Waals surface area contributed by atoms with Gasteiger partial charge < -0.3 is 9.88 Å². The Bertz CT molecular complexity index is 1300. The quantitative estimate of drug-likeness (QED) is 0.297. The van der Waals surface area contributed by atoms with E-state index in [1.807, 2.05) is 11.3 Å². The lowest BCUT2D eigenvalue weighted by molar-refractivity contribution is 0.251. The van der Waals surface area contributed by atoms with Crippen LogP contribution in [0, 0.1) is 6.92 Å². The van der Waals surface area contributed by atoms with Gasteiger partial charge >= 0.3 is 0 Å². The molecule has 4 aromatic rings. The van der Waals surface area contributed by atoms with Crippen LogP contribution in [0.1, 0.15) is 61.7 Å². The minimum absolute atomic E-state index is 0.151. The van der Waals surface area contributed by atoms with Crippen LogP contribution in [-0.4, -0.2) is 46.0 Å². The molecule has 5 nitrogen and oxygen atoms in total. The molecule has 3 heterocycles. The van der Waals surface area contributed by atoms with Crippen LogP contribution < -0.4 is 4.90 Å². The van der Waals surface area contributed by atoms with Crippen molar-refractivity contribution in [3.05, 3.63) is 63.6 Å². The first-order chi connectivity index (χ1) is 17.3. The van der Waals surface area contributed by atoms with Crippen LogP contribution in [0.2, 0.25) is 0 Å². The molecule has 1 saturated heterocycles. The number of H-pyrrole nitrogens is 1. The first-order valence-corrected chi connectivity index (χ1v) is 14.2. The summed E-state index contributed by atoms with van der Waals surface area (Å²) in [6, 6.07) is 15.3. The number of hydrogen-bond donors (Lipinski definition) is 1. The average molecular weight is 502 g/mol. The van der Waals surface area contributed by atoms with E-state index in [0.717, 1.165) is 61.6 Å². The molecule has 0 saturated carbocycles. The third kappa shape index (κ3) is 5.35. The molecule has 1 aliphatic rings. The van der Waals surface area contributed by atoms with Crippen LogP contribution in [-0.2, 0) is 18.4 Å². The van der Waals surface area contributed by atoms with Crippen LogP contribution in [0.15, 0.2) is 42.5 Å². The standard InChI is InChI=1S/C30H39N5S/c1-6-7-11-27-31-21(2)26(36-27)20-34-16-18-35(19-17-34)25-10-8-9-24-28(25)33-29(32-24)22-12-14-23(15-13-22)30(3,4)5/h8-10,12-15H,6-7,11,16-20H2,1-5H3,(H,32,33). The molecule has 2 aromatic heterocycles. The largest absolute Gasteiger partial charge is 0.367 e. The number of nitrogens with one attached hydrogen (secondary N) is 1. The maximum absolute atomic E-state index is 5.06. The summed E-state index contributed by atoms with van der Waals surface area (Å²) in [5.74, 6) is 0.941. The number of unbranched alkanes of at least 4 members (excludes halogenated alkanes) is 1. The van der Waals surface area contributed by atoms with E-state index in [-0.39, 0.29) is 5.41 Å². The number of rotatable bonds is 7.